The van der Waals surface area contributed by atoms with Gasteiger partial charge >= 0.3 is 0 Å². The Morgan fingerprint density at radius 1 is 1.32 bits per heavy atom. The molecule has 0 fully saturated rings. The zero-order valence-electron chi connectivity index (χ0n) is 16.6. The van der Waals surface area contributed by atoms with Crippen LogP contribution in [0.3, 0.4) is 0 Å². The summed E-state index contributed by atoms with van der Waals surface area (Å²) in [5.74, 6) is 0.0644. The van der Waals surface area contributed by atoms with Crippen molar-refractivity contribution in [1.82, 2.24) is 15.1 Å². The van der Waals surface area contributed by atoms with Crippen LogP contribution in [0.5, 0.6) is 11.5 Å². The Balaban J connectivity index is 0.000000892. The molecule has 2 rings (SSSR count). The van der Waals surface area contributed by atoms with Gasteiger partial charge in [-0.15, -0.1) is 0 Å². The highest BCUT2D eigenvalue weighted by atomic mass is 16.5. The molecule has 0 saturated heterocycles. The fourth-order valence-corrected chi connectivity index (χ4v) is 2.45. The molecule has 1 atom stereocenters. The standard InChI is InChI=1S/C17H24N4O3.C2H4O2/c1-4-13(14-7-9-19-21(14)2)20-17(22)12-5-6-15(24-10-8-18)16(11-12)23-3;1-2(3)4/h5-7,9,11,13H,4,8,10,18H2,1-3H3,(H,20,22);1H3,(H,3,4). The molecule has 4 N–H and O–H groups in total. The van der Waals surface area contributed by atoms with Gasteiger partial charge in [0, 0.05) is 32.3 Å². The van der Waals surface area contributed by atoms with E-state index in [1.807, 2.05) is 20.0 Å². The number of carboxylic acid groups (broad SMARTS) is 1. The van der Waals surface area contributed by atoms with Gasteiger partial charge in [-0.2, -0.15) is 5.10 Å². The average Bonchev–Trinajstić information content (AvgIpc) is 3.09. The Morgan fingerprint density at radius 2 is 2.00 bits per heavy atom. The molecule has 0 bridgehead atoms. The lowest BCUT2D eigenvalue weighted by Gasteiger charge is -2.18. The lowest BCUT2D eigenvalue weighted by atomic mass is 10.1. The van der Waals surface area contributed by atoms with Gasteiger partial charge in [-0.1, -0.05) is 6.92 Å². The second kappa shape index (κ2) is 11.6. The Bertz CT molecular complexity index is 771. The zero-order chi connectivity index (χ0) is 21.1. The van der Waals surface area contributed by atoms with Gasteiger partial charge in [-0.05, 0) is 30.7 Å². The number of aromatic nitrogens is 2. The number of aliphatic carboxylic acids is 1. The Morgan fingerprint density at radius 3 is 2.50 bits per heavy atom. The predicted octanol–water partition coefficient (Wildman–Crippen LogP) is 1.74. The van der Waals surface area contributed by atoms with Crippen molar-refractivity contribution in [2.24, 2.45) is 12.8 Å². The fourth-order valence-electron chi connectivity index (χ4n) is 2.45. The summed E-state index contributed by atoms with van der Waals surface area (Å²) in [5, 5.41) is 14.6. The van der Waals surface area contributed by atoms with E-state index < -0.39 is 5.97 Å². The van der Waals surface area contributed by atoms with Crippen LogP contribution >= 0.6 is 0 Å². The summed E-state index contributed by atoms with van der Waals surface area (Å²) in [6, 6.07) is 6.88. The quantitative estimate of drug-likeness (QED) is 0.624. The minimum atomic E-state index is -0.833. The van der Waals surface area contributed by atoms with Crippen LogP contribution in [-0.4, -0.2) is 47.0 Å². The molecule has 1 aromatic heterocycles. The van der Waals surface area contributed by atoms with E-state index in [2.05, 4.69) is 10.4 Å². The van der Waals surface area contributed by atoms with Crippen LogP contribution in [0.15, 0.2) is 30.5 Å². The maximum atomic E-state index is 12.6. The Labute approximate surface area is 164 Å². The monoisotopic (exact) mass is 392 g/mol. The van der Waals surface area contributed by atoms with Crippen LogP contribution < -0.4 is 20.5 Å². The molecule has 0 radical (unpaired) electrons. The highest BCUT2D eigenvalue weighted by Gasteiger charge is 2.18. The van der Waals surface area contributed by atoms with Crippen molar-refractivity contribution in [3.05, 3.63) is 41.7 Å². The lowest BCUT2D eigenvalue weighted by Crippen LogP contribution is -2.29. The van der Waals surface area contributed by atoms with Gasteiger partial charge in [0.05, 0.1) is 18.8 Å². The molecular weight excluding hydrogens is 364 g/mol. The first-order chi connectivity index (χ1) is 13.3. The number of amides is 1. The first-order valence-electron chi connectivity index (χ1n) is 8.83. The van der Waals surface area contributed by atoms with Gasteiger partial charge in [-0.3, -0.25) is 14.3 Å². The number of nitrogens with one attached hydrogen (secondary N) is 1. The smallest absolute Gasteiger partial charge is 0.300 e. The maximum Gasteiger partial charge on any atom is 0.300 e. The van der Waals surface area contributed by atoms with Gasteiger partial charge in [0.1, 0.15) is 6.61 Å². The van der Waals surface area contributed by atoms with Gasteiger partial charge in [0.15, 0.2) is 11.5 Å². The SMILES string of the molecule is CC(=O)O.CCC(NC(=O)c1ccc(OCCN)c(OC)c1)c1ccnn1C. The second-order valence-electron chi connectivity index (χ2n) is 5.84. The van der Waals surface area contributed by atoms with Crippen molar-refractivity contribution >= 4 is 11.9 Å². The van der Waals surface area contributed by atoms with Crippen LogP contribution in [0.25, 0.3) is 0 Å². The molecule has 9 nitrogen and oxygen atoms in total. The topological polar surface area (TPSA) is 129 Å². The number of nitrogens with two attached hydrogens (primary N) is 1. The van der Waals surface area contributed by atoms with E-state index in [0.717, 1.165) is 19.0 Å². The molecule has 1 heterocycles. The van der Waals surface area contributed by atoms with Gasteiger partial charge in [0.2, 0.25) is 0 Å². The third-order valence-corrected chi connectivity index (χ3v) is 3.73. The Kier molecular flexibility index (Phi) is 9.52. The summed E-state index contributed by atoms with van der Waals surface area (Å²) < 4.78 is 12.6. The molecule has 2 aromatic rings. The Hall–Kier alpha value is -3.07. The molecule has 154 valence electrons. The summed E-state index contributed by atoms with van der Waals surface area (Å²) in [6.07, 6.45) is 2.48. The van der Waals surface area contributed by atoms with Crippen LogP contribution in [0.4, 0.5) is 0 Å². The van der Waals surface area contributed by atoms with Crippen molar-refractivity contribution < 1.29 is 24.2 Å². The summed E-state index contributed by atoms with van der Waals surface area (Å²) in [6.45, 7) is 3.90. The van der Waals surface area contributed by atoms with E-state index in [1.165, 1.54) is 7.11 Å². The average molecular weight is 392 g/mol. The summed E-state index contributed by atoms with van der Waals surface area (Å²) in [7, 11) is 3.40. The highest BCUT2D eigenvalue weighted by Crippen LogP contribution is 2.28. The number of aryl methyl sites for hydroxylation is 1. The summed E-state index contributed by atoms with van der Waals surface area (Å²) in [5.41, 5.74) is 6.90. The second-order valence-corrected chi connectivity index (χ2v) is 5.84. The number of carbonyl (C=O) groups excluding carboxylic acids is 1. The molecule has 9 heteroatoms. The largest absolute Gasteiger partial charge is 0.493 e. The minimum absolute atomic E-state index is 0.107. The number of methoxy groups -OCH3 is 1. The number of carbonyl (C=O) groups is 2. The molecule has 1 aromatic carbocycles. The van der Waals surface area contributed by atoms with E-state index in [4.69, 9.17) is 25.1 Å². The number of hydrogen-bond acceptors (Lipinski definition) is 6. The molecular formula is C19H28N4O5. The number of rotatable bonds is 8. The fraction of sp³-hybridized carbons (Fsp3) is 0.421. The maximum absolute atomic E-state index is 12.6. The first-order valence-corrected chi connectivity index (χ1v) is 8.83. The van der Waals surface area contributed by atoms with Crippen molar-refractivity contribution in [3.63, 3.8) is 0 Å². The van der Waals surface area contributed by atoms with Crippen molar-refractivity contribution in [2.75, 3.05) is 20.3 Å². The van der Waals surface area contributed by atoms with Crippen molar-refractivity contribution in [1.29, 1.82) is 0 Å². The van der Waals surface area contributed by atoms with Crippen LogP contribution in [-0.2, 0) is 11.8 Å². The molecule has 28 heavy (non-hydrogen) atoms. The van der Waals surface area contributed by atoms with Crippen molar-refractivity contribution in [3.8, 4) is 11.5 Å². The predicted molar refractivity (Wildman–Crippen MR) is 105 cm³/mol. The molecule has 1 amide bonds. The van der Waals surface area contributed by atoms with Gasteiger partial charge in [-0.25, -0.2) is 0 Å². The molecule has 0 saturated carbocycles. The minimum Gasteiger partial charge on any atom is -0.493 e. The number of hydrogen-bond donors (Lipinski definition) is 3. The number of carboxylic acids is 1. The van der Waals surface area contributed by atoms with E-state index in [-0.39, 0.29) is 11.9 Å². The molecule has 1 unspecified atom stereocenters. The summed E-state index contributed by atoms with van der Waals surface area (Å²) in [4.78, 5) is 21.6. The van der Waals surface area contributed by atoms with E-state index >= 15 is 0 Å². The van der Waals surface area contributed by atoms with Crippen LogP contribution in [0.2, 0.25) is 0 Å². The third-order valence-electron chi connectivity index (χ3n) is 3.73. The van der Waals surface area contributed by atoms with E-state index in [1.54, 1.807) is 29.1 Å². The van der Waals surface area contributed by atoms with Crippen LogP contribution in [0, 0.1) is 0 Å². The van der Waals surface area contributed by atoms with Gasteiger partial charge in [0.25, 0.3) is 11.9 Å². The number of ether oxygens (including phenoxy) is 2. The number of benzene rings is 1. The molecule has 0 spiro atoms. The van der Waals surface area contributed by atoms with Gasteiger partial charge < -0.3 is 25.6 Å². The van der Waals surface area contributed by atoms with E-state index in [9.17, 15) is 4.79 Å². The third kappa shape index (κ3) is 6.92. The van der Waals surface area contributed by atoms with Crippen LogP contribution in [0.1, 0.15) is 42.4 Å². The molecule has 0 aliphatic rings. The molecule has 0 aliphatic heterocycles. The first kappa shape index (κ1) is 23.0. The molecule has 0 aliphatic carbocycles. The highest BCUT2D eigenvalue weighted by molar-refractivity contribution is 5.95. The number of nitrogens with zero attached hydrogens (tertiary/aromatic N) is 2. The lowest BCUT2D eigenvalue weighted by molar-refractivity contribution is -0.134. The normalized spacial score (nSPS) is 11.0. The summed E-state index contributed by atoms with van der Waals surface area (Å²) >= 11 is 0. The van der Waals surface area contributed by atoms with Crippen molar-refractivity contribution in [2.45, 2.75) is 26.3 Å². The van der Waals surface area contributed by atoms with E-state index in [0.29, 0.717) is 30.2 Å². The zero-order valence-corrected chi connectivity index (χ0v) is 16.6.